The molecule has 2 rings (SSSR count). The molecule has 16 heavy (non-hydrogen) atoms. The van der Waals surface area contributed by atoms with E-state index in [9.17, 15) is 4.79 Å². The van der Waals surface area contributed by atoms with Gasteiger partial charge in [0.1, 0.15) is 0 Å². The van der Waals surface area contributed by atoms with Gasteiger partial charge in [-0.3, -0.25) is 9.48 Å². The van der Waals surface area contributed by atoms with Crippen LogP contribution in [0.15, 0.2) is 18.3 Å². The largest absolute Gasteiger partial charge is 0.493 e. The molecule has 0 radical (unpaired) electrons. The molecule has 2 heterocycles. The van der Waals surface area contributed by atoms with Crippen molar-refractivity contribution in [3.8, 4) is 5.75 Å². The van der Waals surface area contributed by atoms with Crippen LogP contribution in [-0.4, -0.2) is 22.7 Å². The zero-order valence-electron chi connectivity index (χ0n) is 8.73. The molecule has 0 amide bonds. The zero-order chi connectivity index (χ0) is 11.7. The van der Waals surface area contributed by atoms with Gasteiger partial charge in [0, 0.05) is 7.05 Å². The van der Waals surface area contributed by atoms with Gasteiger partial charge in [-0.2, -0.15) is 5.10 Å². The third-order valence-electron chi connectivity index (χ3n) is 2.14. The van der Waals surface area contributed by atoms with Gasteiger partial charge >= 0.3 is 0 Å². The van der Waals surface area contributed by atoms with E-state index in [0.29, 0.717) is 20.7 Å². The number of carbonyl (C=O) groups is 1. The highest BCUT2D eigenvalue weighted by Gasteiger charge is 2.20. The molecule has 6 heteroatoms. The molecule has 0 atom stereocenters. The van der Waals surface area contributed by atoms with Crippen LogP contribution in [0.5, 0.6) is 5.75 Å². The van der Waals surface area contributed by atoms with Crippen molar-refractivity contribution in [3.05, 3.63) is 33.2 Å². The van der Waals surface area contributed by atoms with Crippen molar-refractivity contribution in [1.82, 2.24) is 9.78 Å². The normalized spacial score (nSPS) is 10.4. The number of nitrogens with zero attached hydrogens (tertiary/aromatic N) is 2. The molecule has 2 aromatic rings. The predicted molar refractivity (Wildman–Crippen MR) is 62.5 cm³/mol. The summed E-state index contributed by atoms with van der Waals surface area (Å²) in [4.78, 5) is 12.7. The van der Waals surface area contributed by atoms with Gasteiger partial charge < -0.3 is 4.74 Å². The lowest BCUT2D eigenvalue weighted by Gasteiger charge is -2.02. The van der Waals surface area contributed by atoms with Crippen molar-refractivity contribution in [3.63, 3.8) is 0 Å². The first-order valence-corrected chi connectivity index (χ1v) is 5.69. The Morgan fingerprint density at radius 3 is 2.88 bits per heavy atom. The summed E-state index contributed by atoms with van der Waals surface area (Å²) in [6.45, 7) is 0. The fourth-order valence-corrected chi connectivity index (χ4v) is 2.36. The van der Waals surface area contributed by atoms with Gasteiger partial charge in [-0.15, -0.1) is 11.3 Å². The number of ketones is 1. The highest BCUT2D eigenvalue weighted by molar-refractivity contribution is 7.18. The van der Waals surface area contributed by atoms with Crippen LogP contribution in [0.25, 0.3) is 0 Å². The minimum atomic E-state index is -0.131. The van der Waals surface area contributed by atoms with Crippen LogP contribution in [0, 0.1) is 0 Å². The standard InChI is InChI=1S/C10H9ClN2O2S/c1-13-9(6(15-2)5-12-13)10(14)7-3-4-8(11)16-7/h3-5H,1-2H3. The smallest absolute Gasteiger partial charge is 0.224 e. The Morgan fingerprint density at radius 2 is 2.31 bits per heavy atom. The summed E-state index contributed by atoms with van der Waals surface area (Å²) < 4.78 is 7.17. The van der Waals surface area contributed by atoms with Crippen LogP contribution in [0.3, 0.4) is 0 Å². The number of halogens is 1. The van der Waals surface area contributed by atoms with E-state index >= 15 is 0 Å². The average molecular weight is 257 g/mol. The van der Waals surface area contributed by atoms with E-state index in [1.54, 1.807) is 19.2 Å². The highest BCUT2D eigenvalue weighted by atomic mass is 35.5. The first-order chi connectivity index (χ1) is 7.63. The minimum Gasteiger partial charge on any atom is -0.493 e. The Balaban J connectivity index is 2.44. The summed E-state index contributed by atoms with van der Waals surface area (Å²) in [6.07, 6.45) is 1.52. The lowest BCUT2D eigenvalue weighted by Crippen LogP contribution is -2.08. The van der Waals surface area contributed by atoms with Gasteiger partial charge in [0.2, 0.25) is 5.78 Å². The molecular formula is C10H9ClN2O2S. The molecule has 0 aliphatic heterocycles. The second-order valence-corrected chi connectivity index (χ2v) is 4.83. The minimum absolute atomic E-state index is 0.131. The zero-order valence-corrected chi connectivity index (χ0v) is 10.3. The lowest BCUT2D eigenvalue weighted by atomic mass is 10.2. The second-order valence-electron chi connectivity index (χ2n) is 3.12. The number of hydrogen-bond donors (Lipinski definition) is 0. The van der Waals surface area contributed by atoms with Crippen molar-refractivity contribution in [2.75, 3.05) is 7.11 Å². The molecule has 0 unspecified atom stereocenters. The van der Waals surface area contributed by atoms with E-state index < -0.39 is 0 Å². The Kier molecular flexibility index (Phi) is 2.98. The molecule has 0 aliphatic carbocycles. The lowest BCUT2D eigenvalue weighted by molar-refractivity contribution is 0.103. The number of hydrogen-bond acceptors (Lipinski definition) is 4. The van der Waals surface area contributed by atoms with Gasteiger partial charge in [-0.05, 0) is 12.1 Å². The quantitative estimate of drug-likeness (QED) is 0.792. The molecule has 2 aromatic heterocycles. The predicted octanol–water partition coefficient (Wildman–Crippen LogP) is 2.37. The van der Waals surface area contributed by atoms with E-state index in [1.165, 1.54) is 29.3 Å². The Labute approximate surface area is 101 Å². The first kappa shape index (κ1) is 11.2. The van der Waals surface area contributed by atoms with Crippen LogP contribution in [0.1, 0.15) is 15.4 Å². The number of carbonyl (C=O) groups excluding carboxylic acids is 1. The number of aryl methyl sites for hydroxylation is 1. The molecule has 84 valence electrons. The van der Waals surface area contributed by atoms with E-state index in [4.69, 9.17) is 16.3 Å². The SMILES string of the molecule is COc1cnn(C)c1C(=O)c1ccc(Cl)s1. The summed E-state index contributed by atoms with van der Waals surface area (Å²) in [5.74, 6) is 0.339. The first-order valence-electron chi connectivity index (χ1n) is 4.49. The molecule has 0 aromatic carbocycles. The van der Waals surface area contributed by atoms with Gasteiger partial charge in [0.15, 0.2) is 11.4 Å². The number of aromatic nitrogens is 2. The molecule has 0 saturated heterocycles. The van der Waals surface area contributed by atoms with Gasteiger partial charge in [-0.1, -0.05) is 11.6 Å². The van der Waals surface area contributed by atoms with E-state index in [1.807, 2.05) is 0 Å². The van der Waals surface area contributed by atoms with Crippen molar-refractivity contribution < 1.29 is 9.53 Å². The van der Waals surface area contributed by atoms with E-state index in [0.717, 1.165) is 0 Å². The Morgan fingerprint density at radius 1 is 1.56 bits per heavy atom. The summed E-state index contributed by atoms with van der Waals surface area (Å²) in [7, 11) is 3.21. The third kappa shape index (κ3) is 1.83. The topological polar surface area (TPSA) is 44.1 Å². The van der Waals surface area contributed by atoms with Crippen molar-refractivity contribution in [2.24, 2.45) is 7.05 Å². The van der Waals surface area contributed by atoms with Crippen molar-refractivity contribution >= 4 is 28.7 Å². The molecule has 0 bridgehead atoms. The molecule has 0 N–H and O–H groups in total. The monoisotopic (exact) mass is 256 g/mol. The maximum absolute atomic E-state index is 12.1. The number of rotatable bonds is 3. The molecule has 0 spiro atoms. The fourth-order valence-electron chi connectivity index (χ4n) is 1.38. The number of ether oxygens (including phenoxy) is 1. The summed E-state index contributed by atoms with van der Waals surface area (Å²) >= 11 is 7.03. The highest BCUT2D eigenvalue weighted by Crippen LogP contribution is 2.27. The number of methoxy groups -OCH3 is 1. The van der Waals surface area contributed by atoms with Crippen LogP contribution >= 0.6 is 22.9 Å². The molecule has 0 fully saturated rings. The summed E-state index contributed by atoms with van der Waals surface area (Å²) in [5, 5.41) is 3.98. The molecular weight excluding hydrogens is 248 g/mol. The van der Waals surface area contributed by atoms with Crippen LogP contribution in [0.4, 0.5) is 0 Å². The van der Waals surface area contributed by atoms with E-state index in [2.05, 4.69) is 5.10 Å². The fraction of sp³-hybridized carbons (Fsp3) is 0.200. The Bertz CT molecular complexity index is 533. The van der Waals surface area contributed by atoms with Gasteiger partial charge in [0.05, 0.1) is 22.5 Å². The van der Waals surface area contributed by atoms with Crippen molar-refractivity contribution in [1.29, 1.82) is 0 Å². The third-order valence-corrected chi connectivity index (χ3v) is 3.37. The van der Waals surface area contributed by atoms with Gasteiger partial charge in [-0.25, -0.2) is 0 Å². The molecule has 0 saturated carbocycles. The number of thiophene rings is 1. The summed E-state index contributed by atoms with van der Waals surface area (Å²) in [5.41, 5.74) is 0.431. The van der Waals surface area contributed by atoms with Crippen LogP contribution in [-0.2, 0) is 7.05 Å². The average Bonchev–Trinajstić information content (AvgIpc) is 2.83. The molecule has 0 aliphatic rings. The van der Waals surface area contributed by atoms with Gasteiger partial charge in [0.25, 0.3) is 0 Å². The second kappa shape index (κ2) is 4.27. The maximum atomic E-state index is 12.1. The van der Waals surface area contributed by atoms with Crippen LogP contribution < -0.4 is 4.74 Å². The van der Waals surface area contributed by atoms with Crippen molar-refractivity contribution in [2.45, 2.75) is 0 Å². The maximum Gasteiger partial charge on any atom is 0.224 e. The molecule has 4 nitrogen and oxygen atoms in total. The van der Waals surface area contributed by atoms with E-state index in [-0.39, 0.29) is 5.78 Å². The summed E-state index contributed by atoms with van der Waals surface area (Å²) in [6, 6.07) is 3.39. The van der Waals surface area contributed by atoms with Crippen LogP contribution in [0.2, 0.25) is 4.34 Å². The Hall–Kier alpha value is -1.33.